The first kappa shape index (κ1) is 21.8. The first-order valence-corrected chi connectivity index (χ1v) is 10.7. The predicted octanol–water partition coefficient (Wildman–Crippen LogP) is 1.73. The Morgan fingerprint density at radius 3 is 2.91 bits per heavy atom. The molecular formula is C20H20F2N6O3S. The van der Waals surface area contributed by atoms with E-state index in [9.17, 15) is 23.2 Å². The van der Waals surface area contributed by atoms with Crippen LogP contribution in [0.2, 0.25) is 0 Å². The Morgan fingerprint density at radius 1 is 1.31 bits per heavy atom. The molecule has 0 aliphatic carbocycles. The molecule has 3 aromatic rings. The molecule has 32 heavy (non-hydrogen) atoms. The number of nitrogens with zero attached hydrogens (tertiary/aromatic N) is 4. The molecule has 0 saturated carbocycles. The lowest BCUT2D eigenvalue weighted by molar-refractivity contribution is -0.124. The number of carbonyl (C=O) groups is 2. The van der Waals surface area contributed by atoms with Crippen LogP contribution < -0.4 is 21.1 Å². The molecule has 4 rings (SSSR count). The van der Waals surface area contributed by atoms with E-state index in [1.54, 1.807) is 7.05 Å². The maximum atomic E-state index is 13.7. The molecule has 1 aromatic carbocycles. The Hall–Kier alpha value is -3.41. The fourth-order valence-corrected chi connectivity index (χ4v) is 4.59. The number of carbonyl (C=O) groups excluding carboxylic acids is 2. The number of rotatable bonds is 5. The van der Waals surface area contributed by atoms with Gasteiger partial charge in [-0.2, -0.15) is 4.98 Å². The van der Waals surface area contributed by atoms with Crippen molar-refractivity contribution in [3.05, 3.63) is 46.5 Å². The molecule has 1 fully saturated rings. The number of aromatic nitrogens is 3. The Kier molecular flexibility index (Phi) is 6.12. The van der Waals surface area contributed by atoms with Gasteiger partial charge in [-0.1, -0.05) is 11.3 Å². The van der Waals surface area contributed by atoms with E-state index in [2.05, 4.69) is 20.6 Å². The summed E-state index contributed by atoms with van der Waals surface area (Å²) in [7, 11) is 1.60. The van der Waals surface area contributed by atoms with E-state index in [0.29, 0.717) is 18.2 Å². The van der Waals surface area contributed by atoms with Crippen molar-refractivity contribution in [2.45, 2.75) is 19.4 Å². The summed E-state index contributed by atoms with van der Waals surface area (Å²) in [6, 6.07) is 2.70. The highest BCUT2D eigenvalue weighted by Crippen LogP contribution is 2.29. The summed E-state index contributed by atoms with van der Waals surface area (Å²) in [5.74, 6) is -2.37. The molecule has 0 spiro atoms. The molecule has 0 radical (unpaired) electrons. The second kappa shape index (κ2) is 8.99. The third-order valence-corrected chi connectivity index (χ3v) is 6.29. The molecular weight excluding hydrogens is 442 g/mol. The molecule has 0 bridgehead atoms. The number of hydrogen-bond acceptors (Lipinski definition) is 7. The summed E-state index contributed by atoms with van der Waals surface area (Å²) >= 11 is 1.15. The first-order chi connectivity index (χ1) is 15.4. The number of thiazole rings is 1. The number of amides is 2. The third kappa shape index (κ3) is 4.44. The van der Waals surface area contributed by atoms with Gasteiger partial charge in [-0.05, 0) is 25.0 Å². The van der Waals surface area contributed by atoms with Crippen LogP contribution in [0.3, 0.4) is 0 Å². The lowest BCUT2D eigenvalue weighted by Gasteiger charge is -2.31. The molecule has 1 aliphatic rings. The van der Waals surface area contributed by atoms with Crippen molar-refractivity contribution in [1.29, 1.82) is 0 Å². The van der Waals surface area contributed by atoms with Gasteiger partial charge in [0.2, 0.25) is 11.8 Å². The fourth-order valence-electron chi connectivity index (χ4n) is 3.59. The van der Waals surface area contributed by atoms with E-state index in [-0.39, 0.29) is 27.9 Å². The molecule has 1 saturated heterocycles. The summed E-state index contributed by atoms with van der Waals surface area (Å²) in [6.45, 7) is 0.784. The van der Waals surface area contributed by atoms with Crippen LogP contribution in [0.5, 0.6) is 0 Å². The predicted molar refractivity (Wildman–Crippen MR) is 116 cm³/mol. The van der Waals surface area contributed by atoms with Gasteiger partial charge in [0.25, 0.3) is 5.56 Å². The van der Waals surface area contributed by atoms with Crippen LogP contribution in [0, 0.1) is 17.6 Å². The fraction of sp³-hybridized carbons (Fsp3) is 0.350. The van der Waals surface area contributed by atoms with E-state index in [1.165, 1.54) is 6.33 Å². The van der Waals surface area contributed by atoms with Gasteiger partial charge < -0.3 is 15.5 Å². The van der Waals surface area contributed by atoms with Crippen molar-refractivity contribution in [2.24, 2.45) is 5.92 Å². The van der Waals surface area contributed by atoms with Crippen LogP contribution in [0.4, 0.5) is 19.6 Å². The molecule has 1 aliphatic heterocycles. The summed E-state index contributed by atoms with van der Waals surface area (Å²) in [5.41, 5.74) is -0.522. The molecule has 1 atom stereocenters. The van der Waals surface area contributed by atoms with Crippen LogP contribution in [-0.4, -0.2) is 46.5 Å². The molecule has 9 nitrogen and oxygen atoms in total. The Bertz CT molecular complexity index is 1240. The van der Waals surface area contributed by atoms with Crippen LogP contribution >= 0.6 is 11.3 Å². The van der Waals surface area contributed by atoms with Gasteiger partial charge in [0.1, 0.15) is 29.2 Å². The molecule has 168 valence electrons. The third-order valence-electron chi connectivity index (χ3n) is 5.20. The van der Waals surface area contributed by atoms with Gasteiger partial charge >= 0.3 is 0 Å². The molecule has 2 N–H and O–H groups in total. The van der Waals surface area contributed by atoms with Gasteiger partial charge in [0, 0.05) is 26.2 Å². The van der Waals surface area contributed by atoms with E-state index >= 15 is 0 Å². The molecule has 2 amide bonds. The maximum absolute atomic E-state index is 13.7. The smallest absolute Gasteiger partial charge is 0.273 e. The number of hydrogen-bond donors (Lipinski definition) is 2. The maximum Gasteiger partial charge on any atom is 0.273 e. The largest absolute Gasteiger partial charge is 0.359 e. The van der Waals surface area contributed by atoms with Crippen molar-refractivity contribution < 1.29 is 18.4 Å². The number of fused-ring (bicyclic) bond motifs is 1. The first-order valence-electron chi connectivity index (χ1n) is 9.93. The second-order valence-corrected chi connectivity index (χ2v) is 8.38. The van der Waals surface area contributed by atoms with Gasteiger partial charge in [0.15, 0.2) is 10.8 Å². The van der Waals surface area contributed by atoms with Gasteiger partial charge in [-0.15, -0.1) is 0 Å². The summed E-state index contributed by atoms with van der Waals surface area (Å²) < 4.78 is 28.4. The normalized spacial score (nSPS) is 16.2. The number of anilines is 2. The molecule has 2 aromatic heterocycles. The van der Waals surface area contributed by atoms with Gasteiger partial charge in [0.05, 0.1) is 11.6 Å². The Balaban J connectivity index is 1.53. The minimum Gasteiger partial charge on any atom is -0.359 e. The van der Waals surface area contributed by atoms with Crippen molar-refractivity contribution in [1.82, 2.24) is 19.9 Å². The van der Waals surface area contributed by atoms with Crippen molar-refractivity contribution in [3.8, 4) is 0 Å². The Morgan fingerprint density at radius 2 is 2.12 bits per heavy atom. The zero-order valence-corrected chi connectivity index (χ0v) is 17.9. The SMILES string of the molecule is CNC(=O)C1CCCN(c2nc3ncn(CC(=O)Nc4cc(F)ccc4F)c(=O)c3s2)C1. The lowest BCUT2D eigenvalue weighted by atomic mass is 9.98. The molecule has 1 unspecified atom stereocenters. The zero-order chi connectivity index (χ0) is 22.8. The summed E-state index contributed by atoms with van der Waals surface area (Å²) in [6.07, 6.45) is 2.80. The Labute approximate surface area is 185 Å². The van der Waals surface area contributed by atoms with Gasteiger partial charge in [-0.25, -0.2) is 13.8 Å². The highest BCUT2D eigenvalue weighted by Gasteiger charge is 2.27. The number of nitrogens with one attached hydrogen (secondary N) is 2. The van der Waals surface area contributed by atoms with Crippen molar-refractivity contribution in [2.75, 3.05) is 30.4 Å². The van der Waals surface area contributed by atoms with Crippen molar-refractivity contribution >= 4 is 44.3 Å². The summed E-state index contributed by atoms with van der Waals surface area (Å²) in [4.78, 5) is 47.6. The summed E-state index contributed by atoms with van der Waals surface area (Å²) in [5, 5.41) is 5.50. The van der Waals surface area contributed by atoms with Crippen LogP contribution in [0.25, 0.3) is 10.3 Å². The minimum atomic E-state index is -0.788. The number of benzene rings is 1. The molecule has 12 heteroatoms. The number of piperidine rings is 1. The van der Waals surface area contributed by atoms with E-state index in [1.807, 2.05) is 4.90 Å². The van der Waals surface area contributed by atoms with E-state index < -0.39 is 29.6 Å². The quantitative estimate of drug-likeness (QED) is 0.598. The van der Waals surface area contributed by atoms with Gasteiger partial charge in [-0.3, -0.25) is 19.0 Å². The monoisotopic (exact) mass is 462 g/mol. The van der Waals surface area contributed by atoms with Crippen LogP contribution in [0.15, 0.2) is 29.3 Å². The second-order valence-electron chi connectivity index (χ2n) is 7.40. The average molecular weight is 462 g/mol. The average Bonchev–Trinajstić information content (AvgIpc) is 3.23. The van der Waals surface area contributed by atoms with Crippen LogP contribution in [-0.2, 0) is 16.1 Å². The molecule has 3 heterocycles. The zero-order valence-electron chi connectivity index (χ0n) is 17.1. The van der Waals surface area contributed by atoms with E-state index in [0.717, 1.165) is 46.9 Å². The number of halogens is 2. The lowest BCUT2D eigenvalue weighted by Crippen LogP contribution is -2.42. The highest BCUT2D eigenvalue weighted by atomic mass is 32.1. The highest BCUT2D eigenvalue weighted by molar-refractivity contribution is 7.22. The minimum absolute atomic E-state index is 0.0305. The standard InChI is InChI=1S/C20H20F2N6O3S/c1-23-18(30)11-3-2-6-27(8-11)20-26-17-16(32-20)19(31)28(10-24-17)9-15(29)25-14-7-12(21)4-5-13(14)22/h4-5,7,10-11H,2-3,6,8-9H2,1H3,(H,23,30)(H,25,29). The van der Waals surface area contributed by atoms with Crippen LogP contribution in [0.1, 0.15) is 12.8 Å². The van der Waals surface area contributed by atoms with Crippen molar-refractivity contribution in [3.63, 3.8) is 0 Å². The van der Waals surface area contributed by atoms with E-state index in [4.69, 9.17) is 0 Å². The topological polar surface area (TPSA) is 109 Å².